The van der Waals surface area contributed by atoms with Crippen LogP contribution >= 0.6 is 0 Å². The second-order valence-corrected chi connectivity index (χ2v) is 27.8. The number of nitrogens with two attached hydrogens (primary N) is 1. The zero-order valence-corrected chi connectivity index (χ0v) is 56.9. The van der Waals surface area contributed by atoms with E-state index in [2.05, 4.69) is 56.4 Å². The van der Waals surface area contributed by atoms with Crippen LogP contribution in [0, 0.1) is 88.8 Å². The van der Waals surface area contributed by atoms with Gasteiger partial charge in [-0.2, -0.15) is 0 Å². The van der Waals surface area contributed by atoms with Crippen molar-refractivity contribution in [2.75, 3.05) is 45.9 Å². The maximum atomic E-state index is 14.5. The van der Waals surface area contributed by atoms with Crippen molar-refractivity contribution in [1.82, 2.24) is 42.5 Å². The summed E-state index contributed by atoms with van der Waals surface area (Å²) in [5, 5.41) is 23.8. The predicted octanol–water partition coefficient (Wildman–Crippen LogP) is 1.75. The molecule has 0 bridgehead atoms. The SMILES string of the molecule is CCOC(=O)[C@@H]1O[C@H](CNC(=O)[C@@H]2O[C@H](CNC(=O)[C@@H]3O[C@H](CNC(=O)[C@@H]4O[C@H](CNC(=O)[C@@H]5O[C@H](CNC(=O)[C@@H]6O[C@H](CN)[C@@H](C)[C@H](C)[C@H]6C)[C@@H](C)[C@H](C)[C@H]5NC(C)=O)[C@@H](C)[C@H](C)[C@H]4C)[C@@H](C)[C@H](C)[C@H]3NC(C)=O)C(C)[C@H](C)[C@H]2C)[C@@H](C)[C@H](C)[C@H]1NC(C)=O. The molecule has 512 valence electrons. The molecule has 0 aromatic heterocycles. The summed E-state index contributed by atoms with van der Waals surface area (Å²) in [6, 6.07) is -2.04. The van der Waals surface area contributed by atoms with Gasteiger partial charge in [0.25, 0.3) is 11.8 Å². The van der Waals surface area contributed by atoms with Crippen LogP contribution in [0.25, 0.3) is 0 Å². The Kier molecular flexibility index (Phi) is 26.5. The topological polar surface area (TPSA) is 340 Å². The summed E-state index contributed by atoms with van der Waals surface area (Å²) in [6.45, 7) is 36.3. The molecule has 0 saturated carbocycles. The first-order valence-electron chi connectivity index (χ1n) is 33.2. The predicted molar refractivity (Wildman–Crippen MR) is 333 cm³/mol. The van der Waals surface area contributed by atoms with Gasteiger partial charge in [0.15, 0.2) is 18.3 Å². The fraction of sp³-hybridized carbons (Fsp3) is 0.862. The molecule has 6 aliphatic rings. The molecule has 6 aliphatic heterocycles. The van der Waals surface area contributed by atoms with Crippen molar-refractivity contribution in [2.45, 2.75) is 223 Å². The van der Waals surface area contributed by atoms with E-state index in [9.17, 15) is 43.2 Å². The number of nitrogens with one attached hydrogen (secondary N) is 8. The van der Waals surface area contributed by atoms with E-state index < -0.39 is 109 Å². The molecule has 6 heterocycles. The molecule has 6 rings (SSSR count). The number of amides is 8. The Morgan fingerprint density at radius 3 is 0.800 bits per heavy atom. The first-order chi connectivity index (χ1) is 42.3. The molecule has 30 atom stereocenters. The summed E-state index contributed by atoms with van der Waals surface area (Å²) in [6.07, 6.45) is -9.18. The fourth-order valence-electron chi connectivity index (χ4n) is 14.7. The van der Waals surface area contributed by atoms with Crippen molar-refractivity contribution in [3.63, 3.8) is 0 Å². The van der Waals surface area contributed by atoms with E-state index >= 15 is 0 Å². The van der Waals surface area contributed by atoms with Crippen LogP contribution in [0.15, 0.2) is 0 Å². The van der Waals surface area contributed by atoms with Crippen LogP contribution < -0.4 is 48.3 Å². The van der Waals surface area contributed by atoms with Crippen LogP contribution in [0.3, 0.4) is 0 Å². The van der Waals surface area contributed by atoms with Crippen molar-refractivity contribution in [3.05, 3.63) is 0 Å². The van der Waals surface area contributed by atoms with E-state index in [1.54, 1.807) is 6.92 Å². The summed E-state index contributed by atoms with van der Waals surface area (Å²) in [5.41, 5.74) is 6.02. The van der Waals surface area contributed by atoms with E-state index in [0.29, 0.717) is 6.54 Å². The van der Waals surface area contributed by atoms with Gasteiger partial charge in [0.05, 0.1) is 61.4 Å². The zero-order chi connectivity index (χ0) is 67.1. The number of carbonyl (C=O) groups is 9. The molecular weight excluding hydrogens is 1160 g/mol. The van der Waals surface area contributed by atoms with E-state index in [0.717, 1.165) is 0 Å². The van der Waals surface area contributed by atoms with Gasteiger partial charge in [-0.15, -0.1) is 0 Å². The van der Waals surface area contributed by atoms with Gasteiger partial charge in [-0.3, -0.25) is 38.4 Å². The van der Waals surface area contributed by atoms with Gasteiger partial charge in [-0.1, -0.05) is 104 Å². The third-order valence-electron chi connectivity index (χ3n) is 22.6. The van der Waals surface area contributed by atoms with Crippen LogP contribution in [0.2, 0.25) is 0 Å². The lowest BCUT2D eigenvalue weighted by atomic mass is 9.76. The van der Waals surface area contributed by atoms with Crippen LogP contribution in [0.1, 0.15) is 132 Å². The highest BCUT2D eigenvalue weighted by Crippen LogP contribution is 2.40. The number of hydrogen-bond acceptors (Lipinski definition) is 17. The number of ether oxygens (including phenoxy) is 7. The fourth-order valence-corrected chi connectivity index (χ4v) is 14.7. The van der Waals surface area contributed by atoms with Crippen LogP contribution in [0.5, 0.6) is 0 Å². The van der Waals surface area contributed by atoms with Crippen molar-refractivity contribution in [2.24, 2.45) is 94.5 Å². The summed E-state index contributed by atoms with van der Waals surface area (Å²) in [4.78, 5) is 121. The van der Waals surface area contributed by atoms with Gasteiger partial charge in [-0.25, -0.2) is 4.79 Å². The number of rotatable bonds is 21. The van der Waals surface area contributed by atoms with Gasteiger partial charge in [0, 0.05) is 60.0 Å². The molecule has 0 aromatic carbocycles. The Labute approximate surface area is 533 Å². The third kappa shape index (κ3) is 17.0. The molecule has 90 heavy (non-hydrogen) atoms. The van der Waals surface area contributed by atoms with Crippen molar-refractivity contribution in [3.8, 4) is 0 Å². The molecule has 6 fully saturated rings. The normalized spacial score (nSPS) is 42.0. The Hall–Kier alpha value is -5.05. The molecule has 0 aliphatic carbocycles. The van der Waals surface area contributed by atoms with E-state index in [4.69, 9.17) is 38.9 Å². The number of esters is 1. The second kappa shape index (κ2) is 32.2. The minimum absolute atomic E-state index is 0.0117. The standard InChI is InChI=1S/C65H111N9O16/c1-20-84-65(83)59-53(74-44(19)77)38(13)35(10)50(90-59)26-69-62(80)56-41(16)29(4)32(7)47(87-56)23-71-64(82)58-52(73-43(18)76)37(12)34(9)49(89-58)25-68-61(79)55-40(15)28(3)31(6)46(86-55)22-70-63(81)57-51(72-42(17)75)36(11)33(8)48(88-57)24-67-60(78)54-39(14)27(2)30(5)45(21-66)85-54/h27-41,45-59H,20-26,66H2,1-19H3,(H,67,78)(H,68,79)(H,69,80)(H,70,81)(H,71,82)(H,72,75)(H,73,76)(H,74,77)/t27-,28-,29-,30-,31-,32?,33-,34-,35-,36-,37-,38-,39+,40+,41+,45+,46+,47+,48+,49+,50+,51+,52+,53+,54+,55+,56+,57+,58+,59+/m0/s1. The third-order valence-corrected chi connectivity index (χ3v) is 22.6. The molecule has 25 heteroatoms. The molecule has 0 radical (unpaired) electrons. The molecule has 25 nitrogen and oxygen atoms in total. The lowest BCUT2D eigenvalue weighted by Gasteiger charge is -2.46. The van der Waals surface area contributed by atoms with Crippen LogP contribution in [-0.4, -0.2) is 190 Å². The van der Waals surface area contributed by atoms with Gasteiger partial charge < -0.3 is 81.4 Å². The average molecular weight is 1270 g/mol. The highest BCUT2D eigenvalue weighted by atomic mass is 16.6. The Bertz CT molecular complexity index is 2510. The van der Waals surface area contributed by atoms with Gasteiger partial charge in [0.1, 0.15) is 18.3 Å². The average Bonchev–Trinajstić information content (AvgIpc) is 1.21. The second-order valence-electron chi connectivity index (χ2n) is 27.8. The maximum absolute atomic E-state index is 14.5. The Balaban J connectivity index is 1.07. The van der Waals surface area contributed by atoms with Crippen molar-refractivity contribution >= 4 is 53.2 Å². The highest BCUT2D eigenvalue weighted by molar-refractivity contribution is 5.85. The lowest BCUT2D eigenvalue weighted by Crippen LogP contribution is -2.64. The molecule has 6 saturated heterocycles. The van der Waals surface area contributed by atoms with Crippen LogP contribution in [0.4, 0.5) is 0 Å². The van der Waals surface area contributed by atoms with Gasteiger partial charge in [0.2, 0.25) is 35.4 Å². The first-order valence-corrected chi connectivity index (χ1v) is 33.2. The quantitative estimate of drug-likeness (QED) is 0.0739. The number of carbonyl (C=O) groups excluding carboxylic acids is 9. The van der Waals surface area contributed by atoms with Crippen molar-refractivity contribution in [1.29, 1.82) is 0 Å². The Morgan fingerprint density at radius 2 is 0.533 bits per heavy atom. The van der Waals surface area contributed by atoms with Gasteiger partial charge in [-0.05, 0) is 95.7 Å². The molecule has 0 spiro atoms. The van der Waals surface area contributed by atoms with E-state index in [-0.39, 0.29) is 164 Å². The molecule has 0 aromatic rings. The van der Waals surface area contributed by atoms with E-state index in [1.807, 2.05) is 90.0 Å². The molecule has 8 amide bonds. The minimum atomic E-state index is -1.17. The summed E-state index contributed by atoms with van der Waals surface area (Å²) in [7, 11) is 0. The summed E-state index contributed by atoms with van der Waals surface area (Å²) >= 11 is 0. The number of hydrogen-bond donors (Lipinski definition) is 9. The smallest absolute Gasteiger partial charge is 0.337 e. The zero-order valence-electron chi connectivity index (χ0n) is 56.9. The minimum Gasteiger partial charge on any atom is -0.464 e. The van der Waals surface area contributed by atoms with Crippen LogP contribution in [-0.2, 0) is 76.3 Å². The monoisotopic (exact) mass is 1270 g/mol. The lowest BCUT2D eigenvalue weighted by molar-refractivity contribution is -0.180. The maximum Gasteiger partial charge on any atom is 0.337 e. The highest BCUT2D eigenvalue weighted by Gasteiger charge is 2.52. The van der Waals surface area contributed by atoms with Gasteiger partial charge >= 0.3 is 5.97 Å². The molecular formula is C65H111N9O16. The summed E-state index contributed by atoms with van der Waals surface area (Å²) < 4.78 is 44.0. The van der Waals surface area contributed by atoms with Crippen molar-refractivity contribution < 1.29 is 76.3 Å². The Morgan fingerprint density at radius 1 is 0.311 bits per heavy atom. The first kappa shape index (κ1) is 74.0. The van der Waals surface area contributed by atoms with E-state index in [1.165, 1.54) is 20.8 Å². The largest absolute Gasteiger partial charge is 0.464 e. The molecule has 10 N–H and O–H groups in total. The molecule has 1 unspecified atom stereocenters. The summed E-state index contributed by atoms with van der Waals surface area (Å²) in [5.74, 6) is -5.31.